The van der Waals surface area contributed by atoms with Gasteiger partial charge in [0, 0.05) is 10.6 Å². The second kappa shape index (κ2) is 7.01. The Balaban J connectivity index is 2.03. The molecule has 0 fully saturated rings. The first-order chi connectivity index (χ1) is 10.4. The van der Waals surface area contributed by atoms with Crippen LogP contribution in [0.4, 0.5) is 5.69 Å². The molecule has 0 saturated carbocycles. The minimum absolute atomic E-state index is 0.0426. The molecule has 116 valence electrons. The molecule has 0 spiro atoms. The minimum atomic E-state index is 0.0426. The van der Waals surface area contributed by atoms with Gasteiger partial charge in [-0.1, -0.05) is 35.4 Å². The summed E-state index contributed by atoms with van der Waals surface area (Å²) in [5, 5.41) is 3.05. The maximum Gasteiger partial charge on any atom is 0.234 e. The van der Waals surface area contributed by atoms with Crippen LogP contribution in [0.25, 0.3) is 0 Å². The van der Waals surface area contributed by atoms with Gasteiger partial charge in [0.05, 0.1) is 5.75 Å². The first-order valence-corrected chi connectivity index (χ1v) is 8.43. The Kier molecular flexibility index (Phi) is 5.30. The Hall–Kier alpha value is -1.74. The Morgan fingerprint density at radius 2 is 1.55 bits per heavy atom. The summed E-state index contributed by atoms with van der Waals surface area (Å²) >= 11 is 1.59. The molecule has 0 aromatic heterocycles. The second-order valence-electron chi connectivity index (χ2n) is 5.88. The highest BCUT2D eigenvalue weighted by atomic mass is 32.2. The third-order valence-electron chi connectivity index (χ3n) is 3.64. The summed E-state index contributed by atoms with van der Waals surface area (Å²) in [6.07, 6.45) is 0. The molecule has 0 aliphatic rings. The van der Waals surface area contributed by atoms with Crippen LogP contribution in [-0.4, -0.2) is 11.7 Å². The Morgan fingerprint density at radius 3 is 2.18 bits per heavy atom. The number of hydrogen-bond donors (Lipinski definition) is 1. The Labute approximate surface area is 137 Å². The monoisotopic (exact) mass is 313 g/mol. The van der Waals surface area contributed by atoms with Crippen molar-refractivity contribution in [3.63, 3.8) is 0 Å². The van der Waals surface area contributed by atoms with Gasteiger partial charge in [-0.15, -0.1) is 11.8 Å². The van der Waals surface area contributed by atoms with Gasteiger partial charge in [0.2, 0.25) is 5.91 Å². The van der Waals surface area contributed by atoms with Crippen molar-refractivity contribution in [2.75, 3.05) is 11.1 Å². The molecule has 22 heavy (non-hydrogen) atoms. The summed E-state index contributed by atoms with van der Waals surface area (Å²) in [5.74, 6) is 0.470. The Morgan fingerprint density at radius 1 is 0.909 bits per heavy atom. The SMILES string of the molecule is Cc1cc(C)c(NC(=O)CSc2cc(C)ccc2C)c(C)c1. The maximum absolute atomic E-state index is 12.2. The molecule has 0 aliphatic heterocycles. The topological polar surface area (TPSA) is 29.1 Å². The minimum Gasteiger partial charge on any atom is -0.325 e. The average Bonchev–Trinajstić information content (AvgIpc) is 2.44. The fraction of sp³-hybridized carbons (Fsp3) is 0.316. The van der Waals surface area contributed by atoms with Gasteiger partial charge in [-0.05, 0) is 57.4 Å². The van der Waals surface area contributed by atoms with Gasteiger partial charge in [-0.3, -0.25) is 4.79 Å². The van der Waals surface area contributed by atoms with Crippen LogP contribution in [0.2, 0.25) is 0 Å². The van der Waals surface area contributed by atoms with Gasteiger partial charge in [0.1, 0.15) is 0 Å². The molecular formula is C19H23NOS. The lowest BCUT2D eigenvalue weighted by molar-refractivity contribution is -0.113. The van der Waals surface area contributed by atoms with Crippen LogP contribution in [0.1, 0.15) is 27.8 Å². The van der Waals surface area contributed by atoms with E-state index < -0.39 is 0 Å². The van der Waals surface area contributed by atoms with Crippen LogP contribution < -0.4 is 5.32 Å². The van der Waals surface area contributed by atoms with Crippen molar-refractivity contribution < 1.29 is 4.79 Å². The van der Waals surface area contributed by atoms with E-state index >= 15 is 0 Å². The summed E-state index contributed by atoms with van der Waals surface area (Å²) < 4.78 is 0. The number of benzene rings is 2. The van der Waals surface area contributed by atoms with E-state index in [1.807, 2.05) is 13.8 Å². The molecule has 2 aromatic carbocycles. The van der Waals surface area contributed by atoms with E-state index in [9.17, 15) is 4.79 Å². The van der Waals surface area contributed by atoms with E-state index in [1.165, 1.54) is 21.6 Å². The zero-order valence-corrected chi connectivity index (χ0v) is 14.7. The van der Waals surface area contributed by atoms with Crippen LogP contribution in [0.5, 0.6) is 0 Å². The molecule has 1 N–H and O–H groups in total. The number of anilines is 1. The number of nitrogens with one attached hydrogen (secondary N) is 1. The van der Waals surface area contributed by atoms with Crippen LogP contribution in [0.3, 0.4) is 0 Å². The lowest BCUT2D eigenvalue weighted by Gasteiger charge is -2.13. The van der Waals surface area contributed by atoms with E-state index in [4.69, 9.17) is 0 Å². The van der Waals surface area contributed by atoms with Gasteiger partial charge < -0.3 is 5.32 Å². The number of amides is 1. The van der Waals surface area contributed by atoms with Crippen LogP contribution in [-0.2, 0) is 4.79 Å². The lowest BCUT2D eigenvalue weighted by atomic mass is 10.1. The molecule has 3 heteroatoms. The fourth-order valence-electron chi connectivity index (χ4n) is 2.56. The van der Waals surface area contributed by atoms with Crippen molar-refractivity contribution >= 4 is 23.4 Å². The van der Waals surface area contributed by atoms with E-state index in [-0.39, 0.29) is 5.91 Å². The molecule has 0 heterocycles. The largest absolute Gasteiger partial charge is 0.325 e. The number of aryl methyl sites for hydroxylation is 5. The zero-order valence-electron chi connectivity index (χ0n) is 13.9. The van der Waals surface area contributed by atoms with Crippen LogP contribution >= 0.6 is 11.8 Å². The van der Waals surface area contributed by atoms with Gasteiger partial charge in [-0.2, -0.15) is 0 Å². The average molecular weight is 313 g/mol. The second-order valence-corrected chi connectivity index (χ2v) is 6.90. The molecule has 0 atom stereocenters. The number of thioether (sulfide) groups is 1. The van der Waals surface area contributed by atoms with Crippen molar-refractivity contribution in [3.8, 4) is 0 Å². The molecule has 2 aromatic rings. The van der Waals surface area contributed by atoms with Crippen LogP contribution in [0.15, 0.2) is 35.2 Å². The van der Waals surface area contributed by atoms with Crippen molar-refractivity contribution in [2.45, 2.75) is 39.5 Å². The highest BCUT2D eigenvalue weighted by Gasteiger charge is 2.09. The van der Waals surface area contributed by atoms with E-state index in [2.05, 4.69) is 56.4 Å². The molecule has 0 bridgehead atoms. The summed E-state index contributed by atoms with van der Waals surface area (Å²) in [6, 6.07) is 10.5. The summed E-state index contributed by atoms with van der Waals surface area (Å²) in [5.41, 5.74) is 6.82. The smallest absolute Gasteiger partial charge is 0.234 e. The number of hydrogen-bond acceptors (Lipinski definition) is 2. The first-order valence-electron chi connectivity index (χ1n) is 7.44. The molecule has 0 saturated heterocycles. The van der Waals surface area contributed by atoms with Gasteiger partial charge in [-0.25, -0.2) is 0 Å². The Bertz CT molecular complexity index is 684. The first kappa shape index (κ1) is 16.6. The summed E-state index contributed by atoms with van der Waals surface area (Å²) in [6.45, 7) is 10.3. The van der Waals surface area contributed by atoms with E-state index in [0.717, 1.165) is 16.8 Å². The quantitative estimate of drug-likeness (QED) is 0.808. The summed E-state index contributed by atoms with van der Waals surface area (Å²) in [7, 11) is 0. The molecule has 0 aliphatic carbocycles. The van der Waals surface area contributed by atoms with E-state index in [1.54, 1.807) is 11.8 Å². The molecule has 0 unspecified atom stereocenters. The normalized spacial score (nSPS) is 10.6. The van der Waals surface area contributed by atoms with Crippen molar-refractivity contribution in [2.24, 2.45) is 0 Å². The highest BCUT2D eigenvalue weighted by Crippen LogP contribution is 2.25. The molecule has 2 rings (SSSR count). The summed E-state index contributed by atoms with van der Waals surface area (Å²) in [4.78, 5) is 13.4. The standard InChI is InChI=1S/C19H23NOS/c1-12-6-7-14(3)17(10-12)22-11-18(21)20-19-15(4)8-13(2)9-16(19)5/h6-10H,11H2,1-5H3,(H,20,21). The highest BCUT2D eigenvalue weighted by molar-refractivity contribution is 8.00. The molecule has 1 amide bonds. The fourth-order valence-corrected chi connectivity index (χ4v) is 3.48. The maximum atomic E-state index is 12.2. The van der Waals surface area contributed by atoms with Crippen molar-refractivity contribution in [1.29, 1.82) is 0 Å². The van der Waals surface area contributed by atoms with Crippen molar-refractivity contribution in [3.05, 3.63) is 58.1 Å². The lowest BCUT2D eigenvalue weighted by Crippen LogP contribution is -2.16. The third kappa shape index (κ3) is 4.14. The van der Waals surface area contributed by atoms with Gasteiger partial charge >= 0.3 is 0 Å². The number of rotatable bonds is 4. The number of carbonyl (C=O) groups is 1. The van der Waals surface area contributed by atoms with Crippen molar-refractivity contribution in [1.82, 2.24) is 0 Å². The van der Waals surface area contributed by atoms with Gasteiger partial charge in [0.25, 0.3) is 0 Å². The van der Waals surface area contributed by atoms with Gasteiger partial charge in [0.15, 0.2) is 0 Å². The predicted molar refractivity (Wildman–Crippen MR) is 95.9 cm³/mol. The van der Waals surface area contributed by atoms with Crippen LogP contribution in [0, 0.1) is 34.6 Å². The van der Waals surface area contributed by atoms with E-state index in [0.29, 0.717) is 5.75 Å². The zero-order chi connectivity index (χ0) is 16.3. The molecule has 2 nitrogen and oxygen atoms in total. The third-order valence-corrected chi connectivity index (χ3v) is 4.80. The predicted octanol–water partition coefficient (Wildman–Crippen LogP) is 4.96. The molecule has 0 radical (unpaired) electrons. The number of carbonyl (C=O) groups excluding carboxylic acids is 1. The molecular weight excluding hydrogens is 290 g/mol.